The van der Waals surface area contributed by atoms with Crippen molar-refractivity contribution in [3.63, 3.8) is 0 Å². The fraction of sp³-hybridized carbons (Fsp3) is 0.812. The molecule has 24 heavy (non-hydrogen) atoms. The number of nitrogens with one attached hydrogen (secondary N) is 1. The van der Waals surface area contributed by atoms with E-state index in [0.29, 0.717) is 25.5 Å². The molecule has 134 valence electrons. The largest absolute Gasteiger partial charge is 0.377 e. The van der Waals surface area contributed by atoms with Crippen LogP contribution in [0.4, 0.5) is 0 Å². The van der Waals surface area contributed by atoms with Crippen LogP contribution in [0.3, 0.4) is 0 Å². The molecule has 8 heteroatoms. The fourth-order valence-corrected chi connectivity index (χ4v) is 3.33. The minimum atomic E-state index is -0.0230. The third-order valence-electron chi connectivity index (χ3n) is 4.72. The van der Waals surface area contributed by atoms with Gasteiger partial charge in [0.15, 0.2) is 5.69 Å². The first kappa shape index (κ1) is 17.3. The van der Waals surface area contributed by atoms with Crippen molar-refractivity contribution < 1.29 is 9.53 Å². The third kappa shape index (κ3) is 4.31. The van der Waals surface area contributed by atoms with Gasteiger partial charge in [0.25, 0.3) is 5.91 Å². The number of hydrogen-bond acceptors (Lipinski definition) is 6. The zero-order valence-corrected chi connectivity index (χ0v) is 14.5. The quantitative estimate of drug-likeness (QED) is 0.777. The van der Waals surface area contributed by atoms with Crippen molar-refractivity contribution in [3.8, 4) is 0 Å². The molecule has 3 heterocycles. The molecule has 0 aromatic carbocycles. The Kier molecular flexibility index (Phi) is 6.17. The molecule has 2 saturated heterocycles. The van der Waals surface area contributed by atoms with E-state index in [4.69, 9.17) is 4.74 Å². The Morgan fingerprint density at radius 2 is 2.17 bits per heavy atom. The first-order valence-electron chi connectivity index (χ1n) is 9.00. The minimum Gasteiger partial charge on any atom is -0.377 e. The molecule has 1 aromatic rings. The van der Waals surface area contributed by atoms with Gasteiger partial charge in [0, 0.05) is 39.3 Å². The van der Waals surface area contributed by atoms with Gasteiger partial charge in [-0.15, -0.1) is 5.10 Å². The average molecular weight is 336 g/mol. The molecule has 8 nitrogen and oxygen atoms in total. The molecule has 0 bridgehead atoms. The first-order valence-corrected chi connectivity index (χ1v) is 9.00. The van der Waals surface area contributed by atoms with E-state index in [9.17, 15) is 4.79 Å². The molecular formula is C16H28N6O2. The van der Waals surface area contributed by atoms with Gasteiger partial charge < -0.3 is 15.0 Å². The second kappa shape index (κ2) is 8.55. The molecule has 3 rings (SSSR count). The second-order valence-electron chi connectivity index (χ2n) is 6.47. The number of piperazine rings is 1. The molecule has 2 fully saturated rings. The zero-order chi connectivity index (χ0) is 16.8. The molecule has 0 spiro atoms. The number of ether oxygens (including phenoxy) is 1. The molecule has 1 aromatic heterocycles. The van der Waals surface area contributed by atoms with E-state index in [1.807, 2.05) is 4.90 Å². The van der Waals surface area contributed by atoms with Crippen LogP contribution in [0, 0.1) is 0 Å². The van der Waals surface area contributed by atoms with E-state index in [1.165, 1.54) is 0 Å². The van der Waals surface area contributed by atoms with Crippen LogP contribution < -0.4 is 5.32 Å². The number of morpholine rings is 1. The highest BCUT2D eigenvalue weighted by Gasteiger charge is 2.29. The Morgan fingerprint density at radius 1 is 1.33 bits per heavy atom. The van der Waals surface area contributed by atoms with Gasteiger partial charge in [-0.1, -0.05) is 18.6 Å². The smallest absolute Gasteiger partial charge is 0.276 e. The highest BCUT2D eigenvalue weighted by atomic mass is 16.5. The predicted octanol–water partition coefficient (Wildman–Crippen LogP) is -0.176. The highest BCUT2D eigenvalue weighted by Crippen LogP contribution is 2.15. The van der Waals surface area contributed by atoms with E-state index >= 15 is 0 Å². The number of rotatable bonds is 6. The van der Waals surface area contributed by atoms with Crippen LogP contribution in [0.5, 0.6) is 0 Å². The molecule has 0 unspecified atom stereocenters. The van der Waals surface area contributed by atoms with Crippen molar-refractivity contribution in [2.45, 2.75) is 32.4 Å². The van der Waals surface area contributed by atoms with E-state index in [-0.39, 0.29) is 11.9 Å². The van der Waals surface area contributed by atoms with E-state index in [0.717, 1.165) is 52.1 Å². The van der Waals surface area contributed by atoms with E-state index in [1.54, 1.807) is 10.9 Å². The lowest BCUT2D eigenvalue weighted by atomic mass is 10.1. The Balaban J connectivity index is 1.56. The number of amides is 1. The van der Waals surface area contributed by atoms with Crippen molar-refractivity contribution in [1.29, 1.82) is 0 Å². The Hall–Kier alpha value is -1.51. The molecule has 1 atom stereocenters. The maximum absolute atomic E-state index is 12.7. The van der Waals surface area contributed by atoms with Crippen LogP contribution in [0.25, 0.3) is 0 Å². The first-order chi connectivity index (χ1) is 11.8. The second-order valence-corrected chi connectivity index (χ2v) is 6.47. The van der Waals surface area contributed by atoms with Crippen LogP contribution in [-0.2, 0) is 11.3 Å². The van der Waals surface area contributed by atoms with Crippen molar-refractivity contribution in [2.75, 3.05) is 52.5 Å². The number of carbonyl (C=O) groups is 1. The summed E-state index contributed by atoms with van der Waals surface area (Å²) in [6.45, 7) is 9.89. The van der Waals surface area contributed by atoms with Gasteiger partial charge in [0.2, 0.25) is 0 Å². The number of aromatic nitrogens is 3. The lowest BCUT2D eigenvalue weighted by molar-refractivity contribution is -0.00464. The lowest BCUT2D eigenvalue weighted by Crippen LogP contribution is -2.48. The maximum atomic E-state index is 12.7. The predicted molar refractivity (Wildman–Crippen MR) is 89.9 cm³/mol. The van der Waals surface area contributed by atoms with E-state index in [2.05, 4.69) is 27.5 Å². The summed E-state index contributed by atoms with van der Waals surface area (Å²) < 4.78 is 7.30. The van der Waals surface area contributed by atoms with Crippen molar-refractivity contribution in [1.82, 2.24) is 30.1 Å². The summed E-state index contributed by atoms with van der Waals surface area (Å²) in [6.07, 6.45) is 3.78. The van der Waals surface area contributed by atoms with Gasteiger partial charge in [0.05, 0.1) is 32.0 Å². The van der Waals surface area contributed by atoms with Crippen molar-refractivity contribution >= 4 is 5.91 Å². The lowest BCUT2D eigenvalue weighted by Gasteiger charge is -2.35. The average Bonchev–Trinajstić information content (AvgIpc) is 3.10. The molecule has 0 radical (unpaired) electrons. The van der Waals surface area contributed by atoms with Crippen LogP contribution in [0.1, 0.15) is 30.3 Å². The molecule has 1 amide bonds. The third-order valence-corrected chi connectivity index (χ3v) is 4.72. The van der Waals surface area contributed by atoms with Crippen LogP contribution in [0.15, 0.2) is 6.20 Å². The minimum absolute atomic E-state index is 0.0230. The summed E-state index contributed by atoms with van der Waals surface area (Å²) in [4.78, 5) is 17.0. The van der Waals surface area contributed by atoms with Gasteiger partial charge in [-0.2, -0.15) is 0 Å². The van der Waals surface area contributed by atoms with Crippen molar-refractivity contribution in [2.24, 2.45) is 0 Å². The molecule has 0 aliphatic carbocycles. The summed E-state index contributed by atoms with van der Waals surface area (Å²) in [5.74, 6) is -0.0230. The summed E-state index contributed by atoms with van der Waals surface area (Å²) in [7, 11) is 0. The molecular weight excluding hydrogens is 308 g/mol. The summed E-state index contributed by atoms with van der Waals surface area (Å²) >= 11 is 0. The Morgan fingerprint density at radius 3 is 2.96 bits per heavy atom. The van der Waals surface area contributed by atoms with Crippen LogP contribution in [-0.4, -0.2) is 89.2 Å². The monoisotopic (exact) mass is 336 g/mol. The topological polar surface area (TPSA) is 75.5 Å². The van der Waals surface area contributed by atoms with Gasteiger partial charge in [0.1, 0.15) is 0 Å². The summed E-state index contributed by atoms with van der Waals surface area (Å²) in [5, 5.41) is 11.6. The SMILES string of the molecule is CCC[C@H]1COCCN1C(=O)c1cn(CCN2CCNCC2)nn1. The van der Waals surface area contributed by atoms with E-state index < -0.39 is 0 Å². The Bertz CT molecular complexity index is 526. The maximum Gasteiger partial charge on any atom is 0.276 e. The summed E-state index contributed by atoms with van der Waals surface area (Å²) in [6, 6.07) is 0.155. The molecule has 0 saturated carbocycles. The fourth-order valence-electron chi connectivity index (χ4n) is 3.33. The highest BCUT2D eigenvalue weighted by molar-refractivity contribution is 5.92. The van der Waals surface area contributed by atoms with Crippen molar-refractivity contribution in [3.05, 3.63) is 11.9 Å². The zero-order valence-electron chi connectivity index (χ0n) is 14.5. The number of nitrogens with zero attached hydrogens (tertiary/aromatic N) is 5. The normalized spacial score (nSPS) is 22.7. The van der Waals surface area contributed by atoms with Gasteiger partial charge in [-0.25, -0.2) is 0 Å². The Labute approximate surface area is 143 Å². The number of hydrogen-bond donors (Lipinski definition) is 1. The molecule has 2 aliphatic heterocycles. The summed E-state index contributed by atoms with van der Waals surface area (Å²) in [5.41, 5.74) is 0.443. The number of carbonyl (C=O) groups excluding carboxylic acids is 1. The van der Waals surface area contributed by atoms with Gasteiger partial charge in [-0.3, -0.25) is 14.4 Å². The van der Waals surface area contributed by atoms with Crippen LogP contribution >= 0.6 is 0 Å². The van der Waals surface area contributed by atoms with Gasteiger partial charge >= 0.3 is 0 Å². The standard InChI is InChI=1S/C16H28N6O2/c1-2-3-14-13-24-11-10-22(14)16(23)15-12-21(19-18-15)9-8-20-6-4-17-5-7-20/h12,14,17H,2-11,13H2,1H3/t14-/m0/s1. The van der Waals surface area contributed by atoms with Crippen LogP contribution in [0.2, 0.25) is 0 Å². The van der Waals surface area contributed by atoms with Gasteiger partial charge in [-0.05, 0) is 6.42 Å². The molecule has 1 N–H and O–H groups in total. The molecule has 2 aliphatic rings.